The van der Waals surface area contributed by atoms with E-state index < -0.39 is 0 Å². The summed E-state index contributed by atoms with van der Waals surface area (Å²) in [5.41, 5.74) is 3.63. The Labute approximate surface area is 160 Å². The van der Waals surface area contributed by atoms with Gasteiger partial charge in [0.05, 0.1) is 11.3 Å². The molecule has 1 aliphatic rings. The van der Waals surface area contributed by atoms with Crippen molar-refractivity contribution in [2.24, 2.45) is 0 Å². The lowest BCUT2D eigenvalue weighted by molar-refractivity contribution is 0.444. The Balaban J connectivity index is 1.97. The molecule has 6 heteroatoms. The van der Waals surface area contributed by atoms with Crippen LogP contribution in [-0.4, -0.2) is 25.0 Å². The zero-order valence-corrected chi connectivity index (χ0v) is 16.3. The molecule has 2 aromatic carbocycles. The molecule has 0 saturated heterocycles. The lowest BCUT2D eigenvalue weighted by Gasteiger charge is -2.15. The fourth-order valence-corrected chi connectivity index (χ4v) is 3.96. The molecule has 2 N–H and O–H groups in total. The van der Waals surface area contributed by atoms with Crippen LogP contribution in [0.3, 0.4) is 0 Å². The van der Waals surface area contributed by atoms with Crippen molar-refractivity contribution >= 4 is 15.9 Å². The van der Waals surface area contributed by atoms with Gasteiger partial charge in [-0.2, -0.15) is 0 Å². The van der Waals surface area contributed by atoms with E-state index >= 15 is 0 Å². The molecule has 2 heterocycles. The summed E-state index contributed by atoms with van der Waals surface area (Å²) in [6.07, 6.45) is 2.80. The first kappa shape index (κ1) is 17.1. The van der Waals surface area contributed by atoms with Crippen molar-refractivity contribution < 1.29 is 10.2 Å². The Morgan fingerprint density at radius 1 is 1.04 bits per heavy atom. The minimum absolute atomic E-state index is 0.00464. The van der Waals surface area contributed by atoms with Crippen molar-refractivity contribution in [2.45, 2.75) is 39.0 Å². The number of aromatic hydroxyl groups is 2. The van der Waals surface area contributed by atoms with Gasteiger partial charge in [-0.25, -0.2) is 0 Å². The van der Waals surface area contributed by atoms with Crippen LogP contribution >= 0.6 is 15.9 Å². The molecule has 0 bridgehead atoms. The molecule has 0 radical (unpaired) electrons. The largest absolute Gasteiger partial charge is 0.508 e. The molecule has 3 aromatic rings. The molecular formula is C20H20BrN3O2. The number of nitrogens with zero attached hydrogens (tertiary/aromatic N) is 3. The van der Waals surface area contributed by atoms with Gasteiger partial charge in [0.1, 0.15) is 17.3 Å². The number of aryl methyl sites for hydroxylation is 2. The number of rotatable bonds is 2. The maximum Gasteiger partial charge on any atom is 0.172 e. The summed E-state index contributed by atoms with van der Waals surface area (Å²) in [6, 6.07) is 9.40. The van der Waals surface area contributed by atoms with Gasteiger partial charge in [0.15, 0.2) is 5.82 Å². The molecule has 1 aromatic heterocycles. The fourth-order valence-electron chi connectivity index (χ4n) is 3.55. The Morgan fingerprint density at radius 2 is 1.85 bits per heavy atom. The van der Waals surface area contributed by atoms with Crippen molar-refractivity contribution in [3.05, 3.63) is 51.8 Å². The van der Waals surface area contributed by atoms with Crippen LogP contribution in [0.4, 0.5) is 0 Å². The summed E-state index contributed by atoms with van der Waals surface area (Å²) in [5, 5.41) is 29.4. The van der Waals surface area contributed by atoms with E-state index in [1.807, 2.05) is 30.5 Å². The average Bonchev–Trinajstić information content (AvgIpc) is 2.90. The topological polar surface area (TPSA) is 71.2 Å². The highest BCUT2D eigenvalue weighted by Gasteiger charge is 2.23. The number of hydrogen-bond acceptors (Lipinski definition) is 4. The molecule has 0 fully saturated rings. The van der Waals surface area contributed by atoms with Gasteiger partial charge in [0.2, 0.25) is 0 Å². The third kappa shape index (κ3) is 2.78. The van der Waals surface area contributed by atoms with Crippen molar-refractivity contribution in [1.29, 1.82) is 0 Å². The number of phenolic OH excluding ortho intramolecular Hbond substituents is 2. The summed E-state index contributed by atoms with van der Waals surface area (Å²) in [6.45, 7) is 4.01. The standard InChI is InChI=1S/C20H20BrN3O2/c1-11(2)14-9-15(18(26)10-17(14)25)20-23-22-19-5-3-4-12-8-13(21)6-7-16(12)24(19)20/h6-11,25-26H,3-5H2,1-2H3. The Morgan fingerprint density at radius 3 is 2.62 bits per heavy atom. The second-order valence-electron chi connectivity index (χ2n) is 6.98. The zero-order chi connectivity index (χ0) is 18.4. The highest BCUT2D eigenvalue weighted by Crippen LogP contribution is 2.39. The monoisotopic (exact) mass is 413 g/mol. The minimum Gasteiger partial charge on any atom is -0.508 e. The van der Waals surface area contributed by atoms with E-state index in [0.29, 0.717) is 11.4 Å². The predicted octanol–water partition coefficient (Wildman–Crippen LogP) is 4.72. The molecule has 0 atom stereocenters. The average molecular weight is 414 g/mol. The van der Waals surface area contributed by atoms with Crippen LogP contribution in [0, 0.1) is 0 Å². The number of fused-ring (bicyclic) bond motifs is 3. The zero-order valence-electron chi connectivity index (χ0n) is 14.7. The fraction of sp³-hybridized carbons (Fsp3) is 0.300. The predicted molar refractivity (Wildman–Crippen MR) is 104 cm³/mol. The molecule has 4 rings (SSSR count). The first-order valence-electron chi connectivity index (χ1n) is 8.75. The van der Waals surface area contributed by atoms with Crippen molar-refractivity contribution in [3.8, 4) is 28.6 Å². The Kier molecular flexibility index (Phi) is 4.23. The lowest BCUT2D eigenvalue weighted by atomic mass is 9.98. The number of phenols is 2. The van der Waals surface area contributed by atoms with E-state index in [0.717, 1.165) is 40.8 Å². The van der Waals surface area contributed by atoms with E-state index in [-0.39, 0.29) is 17.4 Å². The quantitative estimate of drug-likeness (QED) is 0.637. The first-order valence-corrected chi connectivity index (χ1v) is 9.54. The highest BCUT2D eigenvalue weighted by molar-refractivity contribution is 9.10. The van der Waals surface area contributed by atoms with Crippen LogP contribution in [0.15, 0.2) is 34.8 Å². The van der Waals surface area contributed by atoms with Crippen molar-refractivity contribution in [1.82, 2.24) is 14.8 Å². The molecule has 0 aliphatic carbocycles. The van der Waals surface area contributed by atoms with Gasteiger partial charge in [-0.1, -0.05) is 29.8 Å². The molecule has 0 amide bonds. The number of benzene rings is 2. The third-order valence-electron chi connectivity index (χ3n) is 4.87. The van der Waals surface area contributed by atoms with Gasteiger partial charge < -0.3 is 10.2 Å². The van der Waals surface area contributed by atoms with E-state index in [9.17, 15) is 10.2 Å². The molecule has 0 saturated carbocycles. The molecular weight excluding hydrogens is 394 g/mol. The maximum atomic E-state index is 10.5. The van der Waals surface area contributed by atoms with Crippen molar-refractivity contribution in [3.63, 3.8) is 0 Å². The number of hydrogen-bond donors (Lipinski definition) is 2. The number of halogens is 1. The SMILES string of the molecule is CC(C)c1cc(-c2nnc3n2-c2ccc(Br)cc2CCC3)c(O)cc1O. The maximum absolute atomic E-state index is 10.5. The van der Waals surface area contributed by atoms with Crippen LogP contribution in [0.5, 0.6) is 11.5 Å². The summed E-state index contributed by atoms with van der Waals surface area (Å²) in [7, 11) is 0. The van der Waals surface area contributed by atoms with E-state index in [1.165, 1.54) is 11.6 Å². The van der Waals surface area contributed by atoms with Gasteiger partial charge in [-0.15, -0.1) is 10.2 Å². The molecule has 1 aliphatic heterocycles. The summed E-state index contributed by atoms with van der Waals surface area (Å²) in [5.74, 6) is 1.72. The summed E-state index contributed by atoms with van der Waals surface area (Å²) in [4.78, 5) is 0. The lowest BCUT2D eigenvalue weighted by Crippen LogP contribution is -2.03. The van der Waals surface area contributed by atoms with E-state index in [4.69, 9.17) is 0 Å². The minimum atomic E-state index is 0.00464. The normalized spacial score (nSPS) is 13.4. The molecule has 5 nitrogen and oxygen atoms in total. The smallest absolute Gasteiger partial charge is 0.172 e. The van der Waals surface area contributed by atoms with Crippen LogP contribution in [0.25, 0.3) is 17.1 Å². The molecule has 26 heavy (non-hydrogen) atoms. The summed E-state index contributed by atoms with van der Waals surface area (Å²) >= 11 is 3.55. The van der Waals surface area contributed by atoms with Crippen LogP contribution in [0.2, 0.25) is 0 Å². The molecule has 134 valence electrons. The highest BCUT2D eigenvalue weighted by atomic mass is 79.9. The van der Waals surface area contributed by atoms with Crippen LogP contribution in [-0.2, 0) is 12.8 Å². The third-order valence-corrected chi connectivity index (χ3v) is 5.36. The Hall–Kier alpha value is -2.34. The second-order valence-corrected chi connectivity index (χ2v) is 7.90. The molecule has 0 unspecified atom stereocenters. The van der Waals surface area contributed by atoms with Gasteiger partial charge in [0.25, 0.3) is 0 Å². The Bertz CT molecular complexity index is 995. The first-order chi connectivity index (χ1) is 12.5. The van der Waals surface area contributed by atoms with Crippen LogP contribution < -0.4 is 0 Å². The van der Waals surface area contributed by atoms with Crippen LogP contribution in [0.1, 0.15) is 43.1 Å². The number of aromatic nitrogens is 3. The van der Waals surface area contributed by atoms with Gasteiger partial charge in [0, 0.05) is 17.0 Å². The molecule has 0 spiro atoms. The van der Waals surface area contributed by atoms with Gasteiger partial charge in [-0.05, 0) is 54.2 Å². The van der Waals surface area contributed by atoms with Crippen molar-refractivity contribution in [2.75, 3.05) is 0 Å². The van der Waals surface area contributed by atoms with E-state index in [1.54, 1.807) is 0 Å². The van der Waals surface area contributed by atoms with E-state index in [2.05, 4.69) is 38.3 Å². The second kappa shape index (κ2) is 6.43. The summed E-state index contributed by atoms with van der Waals surface area (Å²) < 4.78 is 3.08. The van der Waals surface area contributed by atoms with Gasteiger partial charge >= 0.3 is 0 Å². The van der Waals surface area contributed by atoms with Gasteiger partial charge in [-0.3, -0.25) is 4.57 Å².